The number of rotatable bonds is 5. The zero-order chi connectivity index (χ0) is 14.6. The van der Waals surface area contributed by atoms with E-state index in [2.05, 4.69) is 19.2 Å². The van der Waals surface area contributed by atoms with Crippen molar-refractivity contribution in [3.05, 3.63) is 0 Å². The van der Waals surface area contributed by atoms with E-state index in [1.807, 2.05) is 6.92 Å². The molecule has 0 radical (unpaired) electrons. The van der Waals surface area contributed by atoms with Crippen molar-refractivity contribution < 1.29 is 13.2 Å². The van der Waals surface area contributed by atoms with E-state index in [0.29, 0.717) is 19.0 Å². The second-order valence-electron chi connectivity index (χ2n) is 5.64. The second kappa shape index (κ2) is 6.70. The minimum absolute atomic E-state index is 0.0165. The summed E-state index contributed by atoms with van der Waals surface area (Å²) >= 11 is 0. The van der Waals surface area contributed by atoms with Crippen molar-refractivity contribution in [2.75, 3.05) is 18.8 Å². The summed E-state index contributed by atoms with van der Waals surface area (Å²) < 4.78 is 25.2. The van der Waals surface area contributed by atoms with Crippen molar-refractivity contribution in [1.29, 1.82) is 0 Å². The van der Waals surface area contributed by atoms with Gasteiger partial charge in [0.15, 0.2) is 0 Å². The monoisotopic (exact) mass is 290 g/mol. The molecule has 19 heavy (non-hydrogen) atoms. The van der Waals surface area contributed by atoms with Crippen molar-refractivity contribution >= 4 is 15.9 Å². The highest BCUT2D eigenvalue weighted by molar-refractivity contribution is 7.89. The van der Waals surface area contributed by atoms with Crippen molar-refractivity contribution in [1.82, 2.24) is 9.62 Å². The molecule has 1 rings (SSSR count). The van der Waals surface area contributed by atoms with Crippen LogP contribution < -0.4 is 5.32 Å². The standard InChI is InChI=1S/C13H26N2O3S/c1-5-19(17,18)15-8-6-7-12(9-15)13(16)14-11(4)10(2)3/h10-12H,5-9H2,1-4H3,(H,14,16)/t11-,12+/m1/s1. The molecule has 0 saturated carbocycles. The maximum atomic E-state index is 12.1. The van der Waals surface area contributed by atoms with Crippen LogP contribution in [0, 0.1) is 11.8 Å². The maximum absolute atomic E-state index is 12.1. The summed E-state index contributed by atoms with van der Waals surface area (Å²) in [7, 11) is -3.18. The van der Waals surface area contributed by atoms with Gasteiger partial charge in [0.2, 0.25) is 15.9 Å². The van der Waals surface area contributed by atoms with Crippen molar-refractivity contribution in [2.24, 2.45) is 11.8 Å². The summed E-state index contributed by atoms with van der Waals surface area (Å²) in [5.74, 6) is 0.250. The van der Waals surface area contributed by atoms with Gasteiger partial charge in [0.25, 0.3) is 0 Å². The van der Waals surface area contributed by atoms with Crippen molar-refractivity contribution in [3.63, 3.8) is 0 Å². The Morgan fingerprint density at radius 1 is 1.37 bits per heavy atom. The maximum Gasteiger partial charge on any atom is 0.224 e. The lowest BCUT2D eigenvalue weighted by molar-refractivity contribution is -0.127. The van der Waals surface area contributed by atoms with E-state index in [4.69, 9.17) is 0 Å². The van der Waals surface area contributed by atoms with Gasteiger partial charge in [0, 0.05) is 19.1 Å². The average Bonchev–Trinajstić information content (AvgIpc) is 2.38. The highest BCUT2D eigenvalue weighted by Crippen LogP contribution is 2.20. The van der Waals surface area contributed by atoms with Gasteiger partial charge >= 0.3 is 0 Å². The third-order valence-electron chi connectivity index (χ3n) is 3.88. The van der Waals surface area contributed by atoms with Crippen molar-refractivity contribution in [2.45, 2.75) is 46.6 Å². The van der Waals surface area contributed by atoms with Crippen LogP contribution in [0.1, 0.15) is 40.5 Å². The van der Waals surface area contributed by atoms with E-state index >= 15 is 0 Å². The fourth-order valence-electron chi connectivity index (χ4n) is 2.10. The van der Waals surface area contributed by atoms with Crippen LogP contribution in [0.3, 0.4) is 0 Å². The Morgan fingerprint density at radius 3 is 2.53 bits per heavy atom. The molecule has 0 spiro atoms. The molecule has 0 aromatic heterocycles. The minimum atomic E-state index is -3.18. The molecule has 1 fully saturated rings. The number of sulfonamides is 1. The molecule has 0 bridgehead atoms. The van der Waals surface area contributed by atoms with Gasteiger partial charge in [-0.25, -0.2) is 12.7 Å². The van der Waals surface area contributed by atoms with Gasteiger partial charge in [0.05, 0.1) is 11.7 Å². The minimum Gasteiger partial charge on any atom is -0.353 e. The molecule has 1 aliphatic rings. The number of carbonyl (C=O) groups excluding carboxylic acids is 1. The van der Waals surface area contributed by atoms with E-state index in [0.717, 1.165) is 12.8 Å². The summed E-state index contributed by atoms with van der Waals surface area (Å²) in [6.07, 6.45) is 1.53. The molecule has 1 amide bonds. The summed E-state index contributed by atoms with van der Waals surface area (Å²) in [6.45, 7) is 8.59. The molecule has 112 valence electrons. The first kappa shape index (κ1) is 16.4. The molecule has 1 aliphatic heterocycles. The Kier molecular flexibility index (Phi) is 5.80. The predicted molar refractivity (Wildman–Crippen MR) is 76.2 cm³/mol. The predicted octanol–water partition coefficient (Wildman–Crippen LogP) is 1.21. The summed E-state index contributed by atoms with van der Waals surface area (Å²) in [5, 5.41) is 2.98. The first-order valence-corrected chi connectivity index (χ1v) is 8.67. The number of nitrogens with one attached hydrogen (secondary N) is 1. The molecule has 0 aromatic carbocycles. The smallest absolute Gasteiger partial charge is 0.224 e. The van der Waals surface area contributed by atoms with E-state index < -0.39 is 10.0 Å². The van der Waals surface area contributed by atoms with Crippen LogP contribution >= 0.6 is 0 Å². The Bertz CT molecular complexity index is 406. The number of hydrogen-bond donors (Lipinski definition) is 1. The molecule has 2 atom stereocenters. The highest BCUT2D eigenvalue weighted by atomic mass is 32.2. The second-order valence-corrected chi connectivity index (χ2v) is 7.90. The SMILES string of the molecule is CCS(=O)(=O)N1CCC[C@H](C(=O)N[C@H](C)C(C)C)C1. The van der Waals surface area contributed by atoms with Crippen LogP contribution in [0.2, 0.25) is 0 Å². The largest absolute Gasteiger partial charge is 0.353 e. The molecule has 6 heteroatoms. The fraction of sp³-hybridized carbons (Fsp3) is 0.923. The van der Waals surface area contributed by atoms with Gasteiger partial charge in [-0.1, -0.05) is 13.8 Å². The van der Waals surface area contributed by atoms with E-state index in [-0.39, 0.29) is 23.6 Å². The number of piperidine rings is 1. The zero-order valence-corrected chi connectivity index (χ0v) is 13.2. The van der Waals surface area contributed by atoms with Crippen LogP contribution in [-0.2, 0) is 14.8 Å². The first-order valence-electron chi connectivity index (χ1n) is 7.06. The van der Waals surface area contributed by atoms with Crippen LogP contribution in [0.25, 0.3) is 0 Å². The third kappa shape index (κ3) is 4.45. The molecule has 1 saturated heterocycles. The van der Waals surface area contributed by atoms with Gasteiger partial charge < -0.3 is 5.32 Å². The van der Waals surface area contributed by atoms with Gasteiger partial charge in [-0.05, 0) is 32.6 Å². The highest BCUT2D eigenvalue weighted by Gasteiger charge is 2.31. The van der Waals surface area contributed by atoms with Gasteiger partial charge in [0.1, 0.15) is 0 Å². The third-order valence-corrected chi connectivity index (χ3v) is 5.73. The summed E-state index contributed by atoms with van der Waals surface area (Å²) in [5.41, 5.74) is 0. The first-order chi connectivity index (χ1) is 8.77. The Hall–Kier alpha value is -0.620. The van der Waals surface area contributed by atoms with Gasteiger partial charge in [-0.3, -0.25) is 4.79 Å². The van der Waals surface area contributed by atoms with Crippen LogP contribution in [0.4, 0.5) is 0 Å². The Morgan fingerprint density at radius 2 is 2.00 bits per heavy atom. The lowest BCUT2D eigenvalue weighted by atomic mass is 9.97. The van der Waals surface area contributed by atoms with Crippen LogP contribution in [-0.4, -0.2) is 43.5 Å². The molecular weight excluding hydrogens is 264 g/mol. The summed E-state index contributed by atoms with van der Waals surface area (Å²) in [4.78, 5) is 12.1. The Labute approximate surface area is 116 Å². The van der Waals surface area contributed by atoms with Crippen LogP contribution in [0.15, 0.2) is 0 Å². The molecule has 0 aromatic rings. The topological polar surface area (TPSA) is 66.5 Å². The Balaban J connectivity index is 2.62. The number of hydrogen-bond acceptors (Lipinski definition) is 3. The lowest BCUT2D eigenvalue weighted by Crippen LogP contribution is -2.48. The molecule has 1 heterocycles. The van der Waals surface area contributed by atoms with Gasteiger partial charge in [-0.2, -0.15) is 0 Å². The van der Waals surface area contributed by atoms with Crippen LogP contribution in [0.5, 0.6) is 0 Å². The summed E-state index contributed by atoms with van der Waals surface area (Å²) in [6, 6.07) is 0.116. The number of carbonyl (C=O) groups is 1. The molecular formula is C13H26N2O3S. The number of amides is 1. The zero-order valence-electron chi connectivity index (χ0n) is 12.3. The van der Waals surface area contributed by atoms with Crippen molar-refractivity contribution in [3.8, 4) is 0 Å². The normalized spacial score (nSPS) is 23.3. The lowest BCUT2D eigenvalue weighted by Gasteiger charge is -2.32. The van der Waals surface area contributed by atoms with E-state index in [1.165, 1.54) is 4.31 Å². The van der Waals surface area contributed by atoms with E-state index in [9.17, 15) is 13.2 Å². The molecule has 0 aliphatic carbocycles. The quantitative estimate of drug-likeness (QED) is 0.827. The average molecular weight is 290 g/mol. The molecule has 1 N–H and O–H groups in total. The number of nitrogens with zero attached hydrogens (tertiary/aromatic N) is 1. The van der Waals surface area contributed by atoms with E-state index in [1.54, 1.807) is 6.92 Å². The molecule has 0 unspecified atom stereocenters. The fourth-order valence-corrected chi connectivity index (χ4v) is 3.28. The molecule has 5 nitrogen and oxygen atoms in total. The van der Waals surface area contributed by atoms with Gasteiger partial charge in [-0.15, -0.1) is 0 Å².